The topological polar surface area (TPSA) is 95.5 Å². The number of thiazole rings is 1. The molecule has 0 unspecified atom stereocenters. The largest absolute Gasteiger partial charge is 0.352 e. The van der Waals surface area contributed by atoms with E-state index in [4.69, 9.17) is 0 Å². The third-order valence-electron chi connectivity index (χ3n) is 3.54. The maximum atomic E-state index is 11.7. The molecule has 0 spiro atoms. The van der Waals surface area contributed by atoms with Crippen molar-refractivity contribution < 1.29 is 8.42 Å². The first kappa shape index (κ1) is 19.4. The van der Waals surface area contributed by atoms with Crippen molar-refractivity contribution in [3.05, 3.63) is 45.9 Å². The Labute approximate surface area is 152 Å². The number of hydrogen-bond donors (Lipinski definition) is 3. The summed E-state index contributed by atoms with van der Waals surface area (Å²) in [5.41, 5.74) is 0.959. The van der Waals surface area contributed by atoms with Crippen LogP contribution in [0.5, 0.6) is 0 Å². The molecule has 0 bridgehead atoms. The summed E-state index contributed by atoms with van der Waals surface area (Å²) in [6, 6.07) is 6.72. The number of aliphatic imine (C=N–C) groups is 1. The summed E-state index contributed by atoms with van der Waals surface area (Å²) in [7, 11) is -0.302. The standard InChI is InChI=1S/C16H23N5O2S2/c1-4-13-10-19-15(24-13)11-21-16(17-2)20-9-12-5-7-14(8-6-12)25(22,23)18-3/h5-8,10,18H,4,9,11H2,1-3H3,(H2,17,20,21). The molecule has 2 aromatic rings. The van der Waals surface area contributed by atoms with E-state index < -0.39 is 10.0 Å². The van der Waals surface area contributed by atoms with Crippen molar-refractivity contribution in [2.75, 3.05) is 14.1 Å². The molecule has 3 N–H and O–H groups in total. The number of nitrogens with zero attached hydrogens (tertiary/aromatic N) is 2. The van der Waals surface area contributed by atoms with Gasteiger partial charge in [0.2, 0.25) is 10.0 Å². The van der Waals surface area contributed by atoms with Gasteiger partial charge in [0.25, 0.3) is 0 Å². The Hall–Kier alpha value is -1.97. The van der Waals surface area contributed by atoms with Crippen LogP contribution < -0.4 is 15.4 Å². The van der Waals surface area contributed by atoms with Gasteiger partial charge < -0.3 is 10.6 Å². The van der Waals surface area contributed by atoms with Crippen LogP contribution in [0, 0.1) is 0 Å². The first-order valence-electron chi connectivity index (χ1n) is 7.89. The number of aromatic nitrogens is 1. The van der Waals surface area contributed by atoms with Crippen molar-refractivity contribution in [1.82, 2.24) is 20.3 Å². The van der Waals surface area contributed by atoms with Gasteiger partial charge in [-0.3, -0.25) is 4.99 Å². The molecular weight excluding hydrogens is 358 g/mol. The molecular formula is C16H23N5O2S2. The molecule has 9 heteroatoms. The molecule has 2 rings (SSSR count). The van der Waals surface area contributed by atoms with Gasteiger partial charge in [0, 0.05) is 24.7 Å². The quantitative estimate of drug-likeness (QED) is 0.499. The maximum Gasteiger partial charge on any atom is 0.240 e. The molecule has 0 aliphatic heterocycles. The van der Waals surface area contributed by atoms with Gasteiger partial charge in [0.05, 0.1) is 11.4 Å². The summed E-state index contributed by atoms with van der Waals surface area (Å²) in [5.74, 6) is 0.667. The second-order valence-corrected chi connectivity index (χ2v) is 8.29. The molecule has 1 aromatic carbocycles. The van der Waals surface area contributed by atoms with Gasteiger partial charge in [-0.05, 0) is 31.2 Å². The fourth-order valence-electron chi connectivity index (χ4n) is 2.06. The van der Waals surface area contributed by atoms with Gasteiger partial charge in [-0.25, -0.2) is 18.1 Å². The first-order chi connectivity index (χ1) is 12.0. The molecule has 25 heavy (non-hydrogen) atoms. The first-order valence-corrected chi connectivity index (χ1v) is 10.2. The molecule has 0 saturated heterocycles. The van der Waals surface area contributed by atoms with Crippen molar-refractivity contribution in [3.8, 4) is 0 Å². The molecule has 0 fully saturated rings. The van der Waals surface area contributed by atoms with Crippen LogP contribution in [-0.4, -0.2) is 33.5 Å². The minimum Gasteiger partial charge on any atom is -0.352 e. The number of nitrogens with one attached hydrogen (secondary N) is 3. The van der Waals surface area contributed by atoms with Crippen LogP contribution in [0.25, 0.3) is 0 Å². The summed E-state index contributed by atoms with van der Waals surface area (Å²) < 4.78 is 25.7. The fraction of sp³-hybridized carbons (Fsp3) is 0.375. The van der Waals surface area contributed by atoms with Crippen molar-refractivity contribution in [1.29, 1.82) is 0 Å². The summed E-state index contributed by atoms with van der Waals surface area (Å²) in [5, 5.41) is 7.43. The number of guanidine groups is 1. The van der Waals surface area contributed by atoms with Gasteiger partial charge in [0.1, 0.15) is 5.01 Å². The van der Waals surface area contributed by atoms with Gasteiger partial charge in [-0.2, -0.15) is 0 Å². The van der Waals surface area contributed by atoms with Crippen LogP contribution in [0.2, 0.25) is 0 Å². The van der Waals surface area contributed by atoms with Gasteiger partial charge in [0.15, 0.2) is 5.96 Å². The normalized spacial score (nSPS) is 12.2. The lowest BCUT2D eigenvalue weighted by atomic mass is 10.2. The molecule has 0 aliphatic rings. The number of hydrogen-bond acceptors (Lipinski definition) is 5. The summed E-state index contributed by atoms with van der Waals surface area (Å²) in [4.78, 5) is 10.1. The minimum atomic E-state index is -3.40. The Balaban J connectivity index is 1.88. The van der Waals surface area contributed by atoms with Crippen molar-refractivity contribution >= 4 is 27.3 Å². The van der Waals surface area contributed by atoms with E-state index in [1.807, 2.05) is 6.20 Å². The van der Waals surface area contributed by atoms with Crippen molar-refractivity contribution in [3.63, 3.8) is 0 Å². The van der Waals surface area contributed by atoms with E-state index in [-0.39, 0.29) is 4.90 Å². The fourth-order valence-corrected chi connectivity index (χ4v) is 3.60. The summed E-state index contributed by atoms with van der Waals surface area (Å²) in [6.07, 6.45) is 2.89. The highest BCUT2D eigenvalue weighted by Crippen LogP contribution is 2.13. The van der Waals surface area contributed by atoms with E-state index >= 15 is 0 Å². The highest BCUT2D eigenvalue weighted by Gasteiger charge is 2.10. The zero-order valence-corrected chi connectivity index (χ0v) is 16.2. The Bertz CT molecular complexity index is 813. The maximum absolute atomic E-state index is 11.7. The second kappa shape index (κ2) is 8.93. The molecule has 0 aliphatic carbocycles. The average Bonchev–Trinajstić information content (AvgIpc) is 3.10. The molecule has 0 saturated carbocycles. The van der Waals surface area contributed by atoms with Crippen LogP contribution in [-0.2, 0) is 29.5 Å². The number of benzene rings is 1. The Morgan fingerprint density at radius 2 is 1.88 bits per heavy atom. The predicted molar refractivity (Wildman–Crippen MR) is 101 cm³/mol. The van der Waals surface area contributed by atoms with Crippen LogP contribution in [0.15, 0.2) is 40.4 Å². The van der Waals surface area contributed by atoms with E-state index in [1.54, 1.807) is 42.6 Å². The molecule has 136 valence electrons. The molecule has 0 radical (unpaired) electrons. The van der Waals surface area contributed by atoms with Crippen molar-refractivity contribution in [2.45, 2.75) is 31.3 Å². The lowest BCUT2D eigenvalue weighted by Gasteiger charge is -2.11. The zero-order valence-electron chi connectivity index (χ0n) is 14.5. The van der Waals surface area contributed by atoms with E-state index in [0.717, 1.165) is 17.0 Å². The Kier molecular flexibility index (Phi) is 6.91. The monoisotopic (exact) mass is 381 g/mol. The second-order valence-electron chi connectivity index (χ2n) is 5.20. The molecule has 0 amide bonds. The zero-order chi connectivity index (χ0) is 18.3. The van der Waals surface area contributed by atoms with E-state index in [9.17, 15) is 8.42 Å². The van der Waals surface area contributed by atoms with E-state index in [0.29, 0.717) is 19.0 Å². The van der Waals surface area contributed by atoms with Crippen LogP contribution in [0.3, 0.4) is 0 Å². The Morgan fingerprint density at radius 3 is 2.44 bits per heavy atom. The third kappa shape index (κ3) is 5.52. The highest BCUT2D eigenvalue weighted by atomic mass is 32.2. The van der Waals surface area contributed by atoms with Gasteiger partial charge in [-0.15, -0.1) is 11.3 Å². The highest BCUT2D eigenvalue weighted by molar-refractivity contribution is 7.89. The lowest BCUT2D eigenvalue weighted by Crippen LogP contribution is -2.36. The number of rotatable bonds is 7. The average molecular weight is 382 g/mol. The Morgan fingerprint density at radius 1 is 1.20 bits per heavy atom. The molecule has 0 atom stereocenters. The molecule has 1 aromatic heterocycles. The van der Waals surface area contributed by atoms with E-state index in [1.165, 1.54) is 11.9 Å². The lowest BCUT2D eigenvalue weighted by molar-refractivity contribution is 0.588. The van der Waals surface area contributed by atoms with Gasteiger partial charge >= 0.3 is 0 Å². The predicted octanol–water partition coefficient (Wildman–Crippen LogP) is 1.48. The summed E-state index contributed by atoms with van der Waals surface area (Å²) >= 11 is 1.69. The van der Waals surface area contributed by atoms with Crippen LogP contribution >= 0.6 is 11.3 Å². The number of aryl methyl sites for hydroxylation is 1. The molecule has 7 nitrogen and oxygen atoms in total. The minimum absolute atomic E-state index is 0.247. The van der Waals surface area contributed by atoms with Crippen LogP contribution in [0.4, 0.5) is 0 Å². The number of sulfonamides is 1. The van der Waals surface area contributed by atoms with Gasteiger partial charge in [-0.1, -0.05) is 19.1 Å². The van der Waals surface area contributed by atoms with Crippen LogP contribution in [0.1, 0.15) is 22.4 Å². The summed E-state index contributed by atoms with van der Waals surface area (Å²) in [6.45, 7) is 3.26. The van der Waals surface area contributed by atoms with Crippen molar-refractivity contribution in [2.24, 2.45) is 4.99 Å². The smallest absolute Gasteiger partial charge is 0.240 e. The third-order valence-corrected chi connectivity index (χ3v) is 6.11. The van der Waals surface area contributed by atoms with E-state index in [2.05, 4.69) is 32.3 Å². The SMILES string of the molecule is CCc1cnc(CNC(=NC)NCc2ccc(S(=O)(=O)NC)cc2)s1. The molecule has 1 heterocycles.